The smallest absolute Gasteiger partial charge is 0.262 e. The van der Waals surface area contributed by atoms with Gasteiger partial charge in [-0.2, -0.15) is 5.10 Å². The third-order valence-corrected chi connectivity index (χ3v) is 4.89. The van der Waals surface area contributed by atoms with E-state index >= 15 is 0 Å². The molecule has 23 heavy (non-hydrogen) atoms. The van der Waals surface area contributed by atoms with E-state index in [1.54, 1.807) is 37.4 Å². The van der Waals surface area contributed by atoms with E-state index in [2.05, 4.69) is 14.9 Å². The second-order valence-electron chi connectivity index (χ2n) is 5.07. The molecule has 2 aromatic carbocycles. The van der Waals surface area contributed by atoms with Gasteiger partial charge in [0.15, 0.2) is 0 Å². The molecule has 0 bridgehead atoms. The van der Waals surface area contributed by atoms with Crippen LogP contribution in [0.3, 0.4) is 0 Å². The summed E-state index contributed by atoms with van der Waals surface area (Å²) in [6.45, 7) is 1.55. The summed E-state index contributed by atoms with van der Waals surface area (Å²) >= 11 is 0. The second kappa shape index (κ2) is 5.85. The maximum atomic E-state index is 13.1. The van der Waals surface area contributed by atoms with Gasteiger partial charge in [0.25, 0.3) is 10.0 Å². The van der Waals surface area contributed by atoms with Crippen LogP contribution in [0.25, 0.3) is 11.3 Å². The van der Waals surface area contributed by atoms with Gasteiger partial charge in [-0.15, -0.1) is 0 Å². The van der Waals surface area contributed by atoms with Crippen LogP contribution >= 0.6 is 0 Å². The number of sulfonamides is 1. The van der Waals surface area contributed by atoms with Crippen molar-refractivity contribution in [3.63, 3.8) is 0 Å². The average molecular weight is 331 g/mol. The molecule has 0 atom stereocenters. The largest absolute Gasteiger partial charge is 0.280 e. The van der Waals surface area contributed by atoms with Crippen LogP contribution in [0.15, 0.2) is 59.6 Å². The molecule has 0 amide bonds. The lowest BCUT2D eigenvalue weighted by Crippen LogP contribution is -2.14. The van der Waals surface area contributed by atoms with Crippen LogP contribution in [0.5, 0.6) is 0 Å². The van der Waals surface area contributed by atoms with Gasteiger partial charge < -0.3 is 0 Å². The summed E-state index contributed by atoms with van der Waals surface area (Å²) < 4.78 is 40.6. The number of hydrogen-bond acceptors (Lipinski definition) is 3. The van der Waals surface area contributed by atoms with Crippen molar-refractivity contribution in [2.75, 3.05) is 4.72 Å². The molecule has 1 aromatic heterocycles. The number of aromatic nitrogens is 2. The molecule has 0 saturated carbocycles. The first-order chi connectivity index (χ1) is 11.0. The summed E-state index contributed by atoms with van der Waals surface area (Å²) in [5.41, 5.74) is 2.35. The van der Waals surface area contributed by atoms with Gasteiger partial charge in [-0.1, -0.05) is 12.1 Å². The molecule has 2 N–H and O–H groups in total. The molecule has 1 heterocycles. The molecule has 0 radical (unpaired) electrons. The van der Waals surface area contributed by atoms with E-state index < -0.39 is 15.8 Å². The van der Waals surface area contributed by atoms with Crippen LogP contribution in [0.2, 0.25) is 0 Å². The first kappa shape index (κ1) is 15.2. The number of benzene rings is 2. The molecule has 0 aliphatic heterocycles. The third-order valence-electron chi connectivity index (χ3n) is 3.35. The zero-order valence-corrected chi connectivity index (χ0v) is 13.1. The van der Waals surface area contributed by atoms with Crippen molar-refractivity contribution >= 4 is 15.7 Å². The Morgan fingerprint density at radius 1 is 1.13 bits per heavy atom. The van der Waals surface area contributed by atoms with Gasteiger partial charge in [-0.25, -0.2) is 12.8 Å². The summed E-state index contributed by atoms with van der Waals surface area (Å²) in [5.74, 6) is -0.470. The molecule has 0 unspecified atom stereocenters. The lowest BCUT2D eigenvalue weighted by Gasteiger charge is -2.11. The Kier molecular flexibility index (Phi) is 3.87. The van der Waals surface area contributed by atoms with Gasteiger partial charge in [-0.05, 0) is 48.9 Å². The molecule has 0 saturated heterocycles. The lowest BCUT2D eigenvalue weighted by molar-refractivity contribution is 0.598. The van der Waals surface area contributed by atoms with E-state index in [9.17, 15) is 12.8 Å². The van der Waals surface area contributed by atoms with Crippen LogP contribution in [-0.4, -0.2) is 18.6 Å². The number of H-pyrrole nitrogens is 1. The molecule has 3 aromatic rings. The number of nitrogens with zero attached hydrogens (tertiary/aromatic N) is 1. The van der Waals surface area contributed by atoms with Gasteiger partial charge in [-0.3, -0.25) is 9.82 Å². The summed E-state index contributed by atoms with van der Waals surface area (Å²) in [7, 11) is -3.79. The van der Waals surface area contributed by atoms with E-state index in [0.717, 1.165) is 17.3 Å². The Bertz CT molecular complexity index is 938. The van der Waals surface area contributed by atoms with Crippen LogP contribution in [-0.2, 0) is 10.0 Å². The molecule has 3 rings (SSSR count). The molecule has 118 valence electrons. The van der Waals surface area contributed by atoms with Crippen LogP contribution in [0.4, 0.5) is 10.1 Å². The molecular weight excluding hydrogens is 317 g/mol. The highest BCUT2D eigenvalue weighted by Gasteiger charge is 2.17. The Morgan fingerprint density at radius 2 is 1.96 bits per heavy atom. The normalized spacial score (nSPS) is 11.4. The van der Waals surface area contributed by atoms with Crippen molar-refractivity contribution in [2.45, 2.75) is 11.8 Å². The standard InChI is InChI=1S/C16H14FN3O2S/c1-11-9-13(17)5-6-16(11)23(21,22)20-14-4-2-3-12(10-14)15-7-8-18-19-15/h2-10,20H,1H3,(H,18,19). The van der Waals surface area contributed by atoms with Crippen LogP contribution in [0, 0.1) is 12.7 Å². The van der Waals surface area contributed by atoms with Gasteiger partial charge >= 0.3 is 0 Å². The first-order valence-electron chi connectivity index (χ1n) is 6.84. The predicted molar refractivity (Wildman–Crippen MR) is 86.0 cm³/mol. The van der Waals surface area contributed by atoms with Gasteiger partial charge in [0, 0.05) is 17.4 Å². The Balaban J connectivity index is 1.93. The number of nitrogens with one attached hydrogen (secondary N) is 2. The summed E-state index contributed by atoms with van der Waals surface area (Å²) in [6.07, 6.45) is 1.62. The van der Waals surface area contributed by atoms with Gasteiger partial charge in [0.05, 0.1) is 10.6 Å². The first-order valence-corrected chi connectivity index (χ1v) is 8.33. The fourth-order valence-electron chi connectivity index (χ4n) is 2.29. The maximum absolute atomic E-state index is 13.1. The highest BCUT2D eigenvalue weighted by atomic mass is 32.2. The molecule has 7 heteroatoms. The minimum Gasteiger partial charge on any atom is -0.280 e. The average Bonchev–Trinajstić information content (AvgIpc) is 3.00. The van der Waals surface area contributed by atoms with Crippen molar-refractivity contribution in [3.05, 3.63) is 66.1 Å². The Labute approximate surface area is 133 Å². The fraction of sp³-hybridized carbons (Fsp3) is 0.0625. The number of hydrogen-bond donors (Lipinski definition) is 2. The molecule has 0 aliphatic carbocycles. The SMILES string of the molecule is Cc1cc(F)ccc1S(=O)(=O)Nc1cccc(-c2ccn[nH]2)c1. The fourth-order valence-corrected chi connectivity index (χ4v) is 3.57. The highest BCUT2D eigenvalue weighted by Crippen LogP contribution is 2.24. The minimum absolute atomic E-state index is 0.0471. The molecule has 0 fully saturated rings. The third kappa shape index (κ3) is 3.24. The van der Waals surface area contributed by atoms with Crippen molar-refractivity contribution in [1.29, 1.82) is 0 Å². The summed E-state index contributed by atoms with van der Waals surface area (Å²) in [4.78, 5) is 0.0471. The van der Waals surface area contributed by atoms with E-state index in [1.807, 2.05) is 6.07 Å². The Hall–Kier alpha value is -2.67. The van der Waals surface area contributed by atoms with Gasteiger partial charge in [0.1, 0.15) is 5.82 Å². The lowest BCUT2D eigenvalue weighted by atomic mass is 10.1. The van der Waals surface area contributed by atoms with E-state index in [1.165, 1.54) is 12.1 Å². The Morgan fingerprint density at radius 3 is 2.65 bits per heavy atom. The van der Waals surface area contributed by atoms with Crippen molar-refractivity contribution in [2.24, 2.45) is 0 Å². The molecular formula is C16H14FN3O2S. The summed E-state index contributed by atoms with van der Waals surface area (Å²) in [5, 5.41) is 6.69. The monoisotopic (exact) mass is 331 g/mol. The second-order valence-corrected chi connectivity index (χ2v) is 6.72. The predicted octanol–water partition coefficient (Wildman–Crippen LogP) is 3.33. The topological polar surface area (TPSA) is 74.8 Å². The molecule has 5 nitrogen and oxygen atoms in total. The number of aryl methyl sites for hydroxylation is 1. The molecule has 0 spiro atoms. The number of halogens is 1. The zero-order chi connectivity index (χ0) is 16.4. The number of anilines is 1. The highest BCUT2D eigenvalue weighted by molar-refractivity contribution is 7.92. The number of aromatic amines is 1. The number of rotatable bonds is 4. The summed E-state index contributed by atoms with van der Waals surface area (Å²) in [6, 6.07) is 12.3. The van der Waals surface area contributed by atoms with Crippen molar-refractivity contribution in [1.82, 2.24) is 10.2 Å². The van der Waals surface area contributed by atoms with Crippen molar-refractivity contribution in [3.8, 4) is 11.3 Å². The van der Waals surface area contributed by atoms with Crippen LogP contribution < -0.4 is 4.72 Å². The maximum Gasteiger partial charge on any atom is 0.262 e. The minimum atomic E-state index is -3.79. The van der Waals surface area contributed by atoms with E-state index in [-0.39, 0.29) is 4.90 Å². The quantitative estimate of drug-likeness (QED) is 0.770. The van der Waals surface area contributed by atoms with E-state index in [4.69, 9.17) is 0 Å². The zero-order valence-electron chi connectivity index (χ0n) is 12.2. The van der Waals surface area contributed by atoms with Crippen LogP contribution in [0.1, 0.15) is 5.56 Å². The van der Waals surface area contributed by atoms with E-state index in [0.29, 0.717) is 11.3 Å². The van der Waals surface area contributed by atoms with Gasteiger partial charge in [0.2, 0.25) is 0 Å². The van der Waals surface area contributed by atoms with Crippen molar-refractivity contribution < 1.29 is 12.8 Å². The molecule has 0 aliphatic rings.